The normalized spacial score (nSPS) is 9.82. The summed E-state index contributed by atoms with van der Waals surface area (Å²) in [5.74, 6) is -1.06. The van der Waals surface area contributed by atoms with E-state index in [9.17, 15) is 9.59 Å². The minimum Gasteiger partial charge on any atom is -0.496 e. The maximum atomic E-state index is 11.6. The Morgan fingerprint density at radius 3 is 2.47 bits per heavy atom. The number of carbonyl (C=O) groups is 2. The number of ether oxygens (including phenoxy) is 2. The Labute approximate surface area is 103 Å². The molecule has 92 valence electrons. The van der Waals surface area contributed by atoms with E-state index in [1.54, 1.807) is 6.92 Å². The second-order valence-electron chi connectivity index (χ2n) is 3.12. The van der Waals surface area contributed by atoms with Crippen LogP contribution >= 0.6 is 11.6 Å². The van der Waals surface area contributed by atoms with Gasteiger partial charge in [0.15, 0.2) is 0 Å². The van der Waals surface area contributed by atoms with Crippen molar-refractivity contribution in [3.8, 4) is 5.75 Å². The highest BCUT2D eigenvalue weighted by Gasteiger charge is 2.18. The van der Waals surface area contributed by atoms with Gasteiger partial charge in [-0.2, -0.15) is 0 Å². The number of nitrogens with two attached hydrogens (primary N) is 1. The molecule has 0 atom stereocenters. The molecule has 1 amide bonds. The Hall–Kier alpha value is -1.75. The number of benzene rings is 1. The molecule has 0 aromatic heterocycles. The number of hydrogen-bond acceptors (Lipinski definition) is 4. The van der Waals surface area contributed by atoms with Crippen molar-refractivity contribution in [3.05, 3.63) is 28.3 Å². The van der Waals surface area contributed by atoms with Gasteiger partial charge in [-0.15, -0.1) is 0 Å². The number of amides is 1. The topological polar surface area (TPSA) is 78.6 Å². The summed E-state index contributed by atoms with van der Waals surface area (Å²) in [6.45, 7) is 1.92. The van der Waals surface area contributed by atoms with Crippen LogP contribution in [0.2, 0.25) is 5.02 Å². The molecule has 0 radical (unpaired) electrons. The van der Waals surface area contributed by atoms with Gasteiger partial charge in [0.2, 0.25) is 5.91 Å². The molecule has 0 unspecified atom stereocenters. The maximum absolute atomic E-state index is 11.6. The van der Waals surface area contributed by atoms with E-state index in [1.807, 2.05) is 0 Å². The molecule has 1 rings (SSSR count). The quantitative estimate of drug-likeness (QED) is 0.832. The van der Waals surface area contributed by atoms with Crippen molar-refractivity contribution in [2.45, 2.75) is 6.92 Å². The average Bonchev–Trinajstić information content (AvgIpc) is 2.28. The van der Waals surface area contributed by atoms with Gasteiger partial charge in [0, 0.05) is 0 Å². The summed E-state index contributed by atoms with van der Waals surface area (Å²) in [6, 6.07) is 2.62. The van der Waals surface area contributed by atoms with E-state index < -0.39 is 11.9 Å². The Bertz CT molecular complexity index is 459. The zero-order valence-corrected chi connectivity index (χ0v) is 10.2. The lowest BCUT2D eigenvalue weighted by molar-refractivity contribution is 0.0522. The van der Waals surface area contributed by atoms with E-state index in [4.69, 9.17) is 26.8 Å². The summed E-state index contributed by atoms with van der Waals surface area (Å²) < 4.78 is 9.82. The molecule has 0 saturated carbocycles. The van der Waals surface area contributed by atoms with Crippen molar-refractivity contribution in [1.29, 1.82) is 0 Å². The fraction of sp³-hybridized carbons (Fsp3) is 0.273. The van der Waals surface area contributed by atoms with Gasteiger partial charge in [-0.05, 0) is 19.1 Å². The minimum atomic E-state index is -0.691. The van der Waals surface area contributed by atoms with E-state index in [2.05, 4.69) is 0 Å². The van der Waals surface area contributed by atoms with Crippen molar-refractivity contribution >= 4 is 23.5 Å². The molecule has 17 heavy (non-hydrogen) atoms. The van der Waals surface area contributed by atoms with E-state index in [1.165, 1.54) is 19.2 Å². The van der Waals surface area contributed by atoms with Crippen LogP contribution in [0.5, 0.6) is 5.75 Å². The molecule has 0 aliphatic rings. The average molecular weight is 258 g/mol. The molecule has 2 N–H and O–H groups in total. The molecular formula is C11H12ClNO4. The zero-order valence-electron chi connectivity index (χ0n) is 9.45. The highest BCUT2D eigenvalue weighted by atomic mass is 35.5. The smallest absolute Gasteiger partial charge is 0.341 e. The summed E-state index contributed by atoms with van der Waals surface area (Å²) in [5.41, 5.74) is 5.38. The van der Waals surface area contributed by atoms with Gasteiger partial charge in [0.25, 0.3) is 0 Å². The van der Waals surface area contributed by atoms with Crippen LogP contribution in [0, 0.1) is 0 Å². The van der Waals surface area contributed by atoms with Crippen molar-refractivity contribution in [2.75, 3.05) is 13.7 Å². The molecule has 0 saturated heterocycles. The van der Waals surface area contributed by atoms with E-state index in [-0.39, 0.29) is 28.5 Å². The van der Waals surface area contributed by atoms with Gasteiger partial charge in [0.05, 0.1) is 24.3 Å². The first kappa shape index (κ1) is 13.3. The Balaban J connectivity index is 3.28. The molecule has 1 aromatic carbocycles. The predicted molar refractivity (Wildman–Crippen MR) is 62.5 cm³/mol. The van der Waals surface area contributed by atoms with E-state index in [0.29, 0.717) is 0 Å². The van der Waals surface area contributed by atoms with Gasteiger partial charge in [-0.25, -0.2) is 4.79 Å². The second-order valence-corrected chi connectivity index (χ2v) is 3.52. The van der Waals surface area contributed by atoms with Gasteiger partial charge in [0.1, 0.15) is 11.3 Å². The summed E-state index contributed by atoms with van der Waals surface area (Å²) >= 11 is 5.83. The molecule has 0 aliphatic heterocycles. The lowest BCUT2D eigenvalue weighted by atomic mass is 10.1. The van der Waals surface area contributed by atoms with Crippen molar-refractivity contribution < 1.29 is 19.1 Å². The third-order valence-corrected chi connectivity index (χ3v) is 2.36. The first-order chi connectivity index (χ1) is 8.01. The number of hydrogen-bond donors (Lipinski definition) is 1. The maximum Gasteiger partial charge on any atom is 0.341 e. The molecule has 0 bridgehead atoms. The number of rotatable bonds is 4. The summed E-state index contributed by atoms with van der Waals surface area (Å²) in [7, 11) is 1.37. The van der Waals surface area contributed by atoms with Crippen LogP contribution in [-0.4, -0.2) is 25.6 Å². The number of halogens is 1. The van der Waals surface area contributed by atoms with Crippen LogP contribution < -0.4 is 10.5 Å². The lowest BCUT2D eigenvalue weighted by Gasteiger charge is -2.10. The molecule has 6 heteroatoms. The minimum absolute atomic E-state index is 0.0846. The fourth-order valence-corrected chi connectivity index (χ4v) is 1.54. The molecule has 0 spiro atoms. The highest BCUT2D eigenvalue weighted by molar-refractivity contribution is 6.34. The summed E-state index contributed by atoms with van der Waals surface area (Å²) in [5, 5.41) is 0.0846. The Kier molecular flexibility index (Phi) is 4.34. The van der Waals surface area contributed by atoms with Crippen LogP contribution in [0.4, 0.5) is 0 Å². The first-order valence-corrected chi connectivity index (χ1v) is 5.23. The van der Waals surface area contributed by atoms with Crippen molar-refractivity contribution in [1.82, 2.24) is 0 Å². The fourth-order valence-electron chi connectivity index (χ4n) is 1.28. The standard InChI is InChI=1S/C11H12ClNO4/c1-3-17-11(15)7-4-8(12)6(10(13)14)5-9(7)16-2/h4-5H,3H2,1-2H3,(H2,13,14). The highest BCUT2D eigenvalue weighted by Crippen LogP contribution is 2.27. The van der Waals surface area contributed by atoms with Crippen LogP contribution in [0.15, 0.2) is 12.1 Å². The molecule has 0 aliphatic carbocycles. The first-order valence-electron chi connectivity index (χ1n) is 4.85. The third-order valence-electron chi connectivity index (χ3n) is 2.05. The number of primary amides is 1. The lowest BCUT2D eigenvalue weighted by Crippen LogP contribution is -2.14. The third kappa shape index (κ3) is 2.88. The summed E-state index contributed by atoms with van der Waals surface area (Å²) in [4.78, 5) is 22.6. The monoisotopic (exact) mass is 257 g/mol. The van der Waals surface area contributed by atoms with Gasteiger partial charge in [-0.3, -0.25) is 4.79 Å². The van der Waals surface area contributed by atoms with Gasteiger partial charge >= 0.3 is 5.97 Å². The SMILES string of the molecule is CCOC(=O)c1cc(Cl)c(C(N)=O)cc1OC. The number of carbonyl (C=O) groups excluding carboxylic acids is 2. The van der Waals surface area contributed by atoms with Gasteiger partial charge in [-0.1, -0.05) is 11.6 Å². The zero-order chi connectivity index (χ0) is 13.0. The predicted octanol–water partition coefficient (Wildman–Crippen LogP) is 1.62. The molecule has 5 nitrogen and oxygen atoms in total. The van der Waals surface area contributed by atoms with E-state index in [0.717, 1.165) is 0 Å². The van der Waals surface area contributed by atoms with Crippen molar-refractivity contribution in [2.24, 2.45) is 5.73 Å². The van der Waals surface area contributed by atoms with Crippen LogP contribution in [-0.2, 0) is 4.74 Å². The molecular weight excluding hydrogens is 246 g/mol. The van der Waals surface area contributed by atoms with Crippen LogP contribution in [0.25, 0.3) is 0 Å². The summed E-state index contributed by atoms with van der Waals surface area (Å²) in [6.07, 6.45) is 0. The van der Waals surface area contributed by atoms with E-state index >= 15 is 0 Å². The Morgan fingerprint density at radius 1 is 1.35 bits per heavy atom. The molecule has 0 fully saturated rings. The van der Waals surface area contributed by atoms with Crippen LogP contribution in [0.3, 0.4) is 0 Å². The Morgan fingerprint density at radius 2 is 2.00 bits per heavy atom. The second kappa shape index (κ2) is 5.54. The van der Waals surface area contributed by atoms with Crippen molar-refractivity contribution in [3.63, 3.8) is 0 Å². The molecule has 1 aromatic rings. The molecule has 0 heterocycles. The number of methoxy groups -OCH3 is 1. The largest absolute Gasteiger partial charge is 0.496 e. The van der Waals surface area contributed by atoms with Gasteiger partial charge < -0.3 is 15.2 Å². The van der Waals surface area contributed by atoms with Crippen LogP contribution in [0.1, 0.15) is 27.6 Å². The number of esters is 1.